The molecule has 0 unspecified atom stereocenters. The van der Waals surface area contributed by atoms with Gasteiger partial charge in [-0.1, -0.05) is 0 Å². The molecule has 4 heteroatoms. The van der Waals surface area contributed by atoms with E-state index in [1.54, 1.807) is 0 Å². The fourth-order valence-corrected chi connectivity index (χ4v) is 2.06. The first-order valence-corrected chi connectivity index (χ1v) is 6.26. The summed E-state index contributed by atoms with van der Waals surface area (Å²) in [5.74, 6) is -0.247. The standard InChI is InChI=1S/C14H20BFO2/c1-9-7-11(16)8-12(10(9)2)15-17-13(3,4)14(5,6)18-15/h7-8H,1-6H3. The second-order valence-corrected chi connectivity index (χ2v) is 6.03. The summed E-state index contributed by atoms with van der Waals surface area (Å²) in [6, 6.07) is 3.04. The van der Waals surface area contributed by atoms with Crippen LogP contribution < -0.4 is 5.46 Å². The van der Waals surface area contributed by atoms with Gasteiger partial charge < -0.3 is 9.31 Å². The molecule has 1 heterocycles. The Labute approximate surface area is 109 Å². The number of aryl methyl sites for hydroxylation is 1. The highest BCUT2D eigenvalue weighted by atomic mass is 19.1. The molecule has 1 aliphatic rings. The van der Waals surface area contributed by atoms with E-state index < -0.39 is 18.3 Å². The molecule has 98 valence electrons. The van der Waals surface area contributed by atoms with E-state index in [4.69, 9.17) is 9.31 Å². The molecule has 0 aliphatic carbocycles. The SMILES string of the molecule is Cc1cc(F)cc(B2OC(C)(C)C(C)(C)O2)c1C. The molecule has 1 fully saturated rings. The van der Waals surface area contributed by atoms with Gasteiger partial charge in [-0.25, -0.2) is 4.39 Å². The Bertz CT molecular complexity index is 467. The van der Waals surface area contributed by atoms with Crippen LogP contribution in [0.2, 0.25) is 0 Å². The largest absolute Gasteiger partial charge is 0.495 e. The van der Waals surface area contributed by atoms with Crippen molar-refractivity contribution in [3.05, 3.63) is 29.1 Å². The molecule has 1 aromatic rings. The fourth-order valence-electron chi connectivity index (χ4n) is 2.06. The van der Waals surface area contributed by atoms with Crippen LogP contribution >= 0.6 is 0 Å². The summed E-state index contributed by atoms with van der Waals surface area (Å²) in [7, 11) is -0.496. The summed E-state index contributed by atoms with van der Waals surface area (Å²) in [4.78, 5) is 0. The van der Waals surface area contributed by atoms with Crippen LogP contribution in [0.1, 0.15) is 38.8 Å². The first-order chi connectivity index (χ1) is 8.14. The highest BCUT2D eigenvalue weighted by Crippen LogP contribution is 2.36. The summed E-state index contributed by atoms with van der Waals surface area (Å²) in [6.45, 7) is 11.8. The molecule has 0 atom stereocenters. The van der Waals surface area contributed by atoms with Crippen LogP contribution in [-0.2, 0) is 9.31 Å². The number of benzene rings is 1. The average Bonchev–Trinajstić information content (AvgIpc) is 2.42. The number of rotatable bonds is 1. The van der Waals surface area contributed by atoms with Crippen LogP contribution in [0, 0.1) is 19.7 Å². The lowest BCUT2D eigenvalue weighted by atomic mass is 9.75. The smallest absolute Gasteiger partial charge is 0.399 e. The van der Waals surface area contributed by atoms with Gasteiger partial charge in [0.2, 0.25) is 0 Å². The molecule has 1 saturated heterocycles. The highest BCUT2D eigenvalue weighted by Gasteiger charge is 2.52. The zero-order valence-corrected chi connectivity index (χ0v) is 11.9. The molecule has 0 amide bonds. The van der Waals surface area contributed by atoms with E-state index in [9.17, 15) is 4.39 Å². The molecule has 2 nitrogen and oxygen atoms in total. The zero-order valence-electron chi connectivity index (χ0n) is 11.9. The third-order valence-electron chi connectivity index (χ3n) is 4.18. The maximum absolute atomic E-state index is 13.5. The molecule has 1 aromatic carbocycles. The van der Waals surface area contributed by atoms with Crippen molar-refractivity contribution in [2.45, 2.75) is 52.7 Å². The lowest BCUT2D eigenvalue weighted by Crippen LogP contribution is -2.41. The van der Waals surface area contributed by atoms with E-state index >= 15 is 0 Å². The minimum atomic E-state index is -0.496. The predicted octanol–water partition coefficient (Wildman–Crippen LogP) is 2.74. The van der Waals surface area contributed by atoms with E-state index in [0.717, 1.165) is 16.6 Å². The minimum Gasteiger partial charge on any atom is -0.399 e. The summed E-state index contributed by atoms with van der Waals surface area (Å²) in [5.41, 5.74) is 1.93. The van der Waals surface area contributed by atoms with Crippen LogP contribution in [0.15, 0.2) is 12.1 Å². The van der Waals surface area contributed by atoms with Crippen LogP contribution in [-0.4, -0.2) is 18.3 Å². The van der Waals surface area contributed by atoms with Gasteiger partial charge in [-0.15, -0.1) is 0 Å². The number of hydrogen-bond acceptors (Lipinski definition) is 2. The molecule has 18 heavy (non-hydrogen) atoms. The van der Waals surface area contributed by atoms with E-state index in [1.165, 1.54) is 12.1 Å². The fraction of sp³-hybridized carbons (Fsp3) is 0.571. The maximum atomic E-state index is 13.5. The monoisotopic (exact) mass is 250 g/mol. The summed E-state index contributed by atoms with van der Waals surface area (Å²) in [6.07, 6.45) is 0. The van der Waals surface area contributed by atoms with Crippen molar-refractivity contribution in [2.24, 2.45) is 0 Å². The Morgan fingerprint density at radius 1 is 1.00 bits per heavy atom. The molecule has 2 rings (SSSR count). The quantitative estimate of drug-likeness (QED) is 0.713. The first-order valence-electron chi connectivity index (χ1n) is 6.26. The van der Waals surface area contributed by atoms with Crippen LogP contribution in [0.25, 0.3) is 0 Å². The van der Waals surface area contributed by atoms with Crippen molar-refractivity contribution in [3.63, 3.8) is 0 Å². The zero-order chi connectivity index (χ0) is 13.7. The Morgan fingerprint density at radius 3 is 2.00 bits per heavy atom. The molecular formula is C14H20BFO2. The van der Waals surface area contributed by atoms with Crippen LogP contribution in [0.5, 0.6) is 0 Å². The lowest BCUT2D eigenvalue weighted by Gasteiger charge is -2.32. The van der Waals surface area contributed by atoms with Crippen molar-refractivity contribution in [3.8, 4) is 0 Å². The van der Waals surface area contributed by atoms with Gasteiger partial charge in [-0.05, 0) is 70.3 Å². The first kappa shape index (κ1) is 13.6. The van der Waals surface area contributed by atoms with Gasteiger partial charge in [0.05, 0.1) is 11.2 Å². The molecule has 0 radical (unpaired) electrons. The molecule has 0 N–H and O–H groups in total. The van der Waals surface area contributed by atoms with Gasteiger partial charge in [0.15, 0.2) is 0 Å². The molecule has 1 aliphatic heterocycles. The Kier molecular flexibility index (Phi) is 3.07. The highest BCUT2D eigenvalue weighted by molar-refractivity contribution is 6.62. The second-order valence-electron chi connectivity index (χ2n) is 6.03. The van der Waals surface area contributed by atoms with Crippen LogP contribution in [0.4, 0.5) is 4.39 Å². The molecule has 0 spiro atoms. The van der Waals surface area contributed by atoms with Crippen molar-refractivity contribution in [2.75, 3.05) is 0 Å². The van der Waals surface area contributed by atoms with Crippen LogP contribution in [0.3, 0.4) is 0 Å². The normalized spacial score (nSPS) is 21.4. The number of halogens is 1. The van der Waals surface area contributed by atoms with Gasteiger partial charge in [-0.3, -0.25) is 0 Å². The van der Waals surface area contributed by atoms with Gasteiger partial charge in [-0.2, -0.15) is 0 Å². The Balaban J connectivity index is 2.41. The Morgan fingerprint density at radius 2 is 1.50 bits per heavy atom. The van der Waals surface area contributed by atoms with Gasteiger partial charge in [0.1, 0.15) is 5.82 Å². The minimum absolute atomic E-state index is 0.247. The predicted molar refractivity (Wildman–Crippen MR) is 71.6 cm³/mol. The molecule has 0 saturated carbocycles. The Hall–Kier alpha value is -0.865. The van der Waals surface area contributed by atoms with E-state index in [2.05, 4.69) is 0 Å². The molecule has 0 aromatic heterocycles. The topological polar surface area (TPSA) is 18.5 Å². The number of hydrogen-bond donors (Lipinski definition) is 0. The van der Waals surface area contributed by atoms with Gasteiger partial charge in [0.25, 0.3) is 0 Å². The lowest BCUT2D eigenvalue weighted by molar-refractivity contribution is 0.00578. The van der Waals surface area contributed by atoms with E-state index in [1.807, 2.05) is 41.5 Å². The van der Waals surface area contributed by atoms with E-state index in [0.29, 0.717) is 0 Å². The summed E-state index contributed by atoms with van der Waals surface area (Å²) >= 11 is 0. The molecular weight excluding hydrogens is 230 g/mol. The maximum Gasteiger partial charge on any atom is 0.495 e. The van der Waals surface area contributed by atoms with Gasteiger partial charge >= 0.3 is 7.12 Å². The van der Waals surface area contributed by atoms with Crippen molar-refractivity contribution < 1.29 is 13.7 Å². The van der Waals surface area contributed by atoms with Crippen molar-refractivity contribution in [1.29, 1.82) is 0 Å². The van der Waals surface area contributed by atoms with E-state index in [-0.39, 0.29) is 5.82 Å². The average molecular weight is 250 g/mol. The van der Waals surface area contributed by atoms with Gasteiger partial charge in [0, 0.05) is 0 Å². The summed E-state index contributed by atoms with van der Waals surface area (Å²) < 4.78 is 25.4. The summed E-state index contributed by atoms with van der Waals surface area (Å²) in [5, 5.41) is 0. The third kappa shape index (κ3) is 2.08. The van der Waals surface area contributed by atoms with Crippen molar-refractivity contribution in [1.82, 2.24) is 0 Å². The van der Waals surface area contributed by atoms with Crippen molar-refractivity contribution >= 4 is 12.6 Å². The second kappa shape index (κ2) is 4.07. The third-order valence-corrected chi connectivity index (χ3v) is 4.18. The molecule has 0 bridgehead atoms.